The number of Topliss-reactive ketones (excluding diaryl/α,β-unsaturated/α-hetero) is 2. The molecule has 2 aromatic carbocycles. The number of methoxy groups -OCH3 is 1. The Morgan fingerprint density at radius 1 is 1.00 bits per heavy atom. The minimum atomic E-state index is -1.18. The highest BCUT2D eigenvalue weighted by Crippen LogP contribution is 2.12. The number of anilines is 1. The number of benzene rings is 2. The highest BCUT2D eigenvalue weighted by molar-refractivity contribution is 6.80. The molecule has 0 radical (unpaired) electrons. The van der Waals surface area contributed by atoms with Crippen LogP contribution in [-0.4, -0.2) is 30.4 Å². The first-order valence-electron chi connectivity index (χ1n) is 6.84. The minimum absolute atomic E-state index is 0.172. The molecule has 0 fully saturated rings. The molecular formula is C17H13ClN2O4. The maximum Gasteiger partial charge on any atom is 0.381 e. The zero-order chi connectivity index (χ0) is 17.5. The Morgan fingerprint density at radius 3 is 2.21 bits per heavy atom. The molecule has 0 atom stereocenters. The monoisotopic (exact) mass is 344 g/mol. The Labute approximate surface area is 143 Å². The summed E-state index contributed by atoms with van der Waals surface area (Å²) in [5.41, 5.74) is 2.73. The summed E-state index contributed by atoms with van der Waals surface area (Å²) in [6, 6.07) is 14.6. The third kappa shape index (κ3) is 4.27. The Balaban J connectivity index is 2.35. The zero-order valence-electron chi connectivity index (χ0n) is 12.7. The molecule has 0 aliphatic heterocycles. The number of carbonyl (C=O) groups excluding carboxylic acids is 3. The number of rotatable bonds is 6. The summed E-state index contributed by atoms with van der Waals surface area (Å²) < 4.78 is 4.38. The lowest BCUT2D eigenvalue weighted by atomic mass is 10.0. The number of nitrogens with zero attached hydrogens (tertiary/aromatic N) is 1. The zero-order valence-corrected chi connectivity index (χ0v) is 13.4. The number of hydrogen-bond donors (Lipinski definition) is 1. The van der Waals surface area contributed by atoms with Crippen LogP contribution in [0, 0.1) is 0 Å². The first-order valence-corrected chi connectivity index (χ1v) is 7.22. The lowest BCUT2D eigenvalue weighted by Crippen LogP contribution is -2.32. The van der Waals surface area contributed by atoms with Crippen molar-refractivity contribution >= 4 is 40.5 Å². The van der Waals surface area contributed by atoms with E-state index in [1.807, 2.05) is 0 Å². The summed E-state index contributed by atoms with van der Waals surface area (Å²) in [5, 5.41) is 4.23. The molecule has 0 saturated heterocycles. The predicted molar refractivity (Wildman–Crippen MR) is 90.3 cm³/mol. The van der Waals surface area contributed by atoms with E-state index in [1.54, 1.807) is 30.3 Å². The van der Waals surface area contributed by atoms with Crippen LogP contribution in [0.25, 0.3) is 0 Å². The van der Waals surface area contributed by atoms with Crippen molar-refractivity contribution in [1.29, 1.82) is 0 Å². The summed E-state index contributed by atoms with van der Waals surface area (Å²) in [4.78, 5) is 36.1. The molecule has 2 rings (SSSR count). The van der Waals surface area contributed by atoms with Crippen molar-refractivity contribution in [3.63, 3.8) is 0 Å². The van der Waals surface area contributed by atoms with E-state index in [0.29, 0.717) is 10.7 Å². The fraction of sp³-hybridized carbons (Fsp3) is 0.0588. The van der Waals surface area contributed by atoms with Gasteiger partial charge < -0.3 is 4.74 Å². The van der Waals surface area contributed by atoms with Gasteiger partial charge in [-0.15, -0.1) is 0 Å². The van der Waals surface area contributed by atoms with Gasteiger partial charge in [0.25, 0.3) is 5.78 Å². The molecule has 2 aromatic rings. The van der Waals surface area contributed by atoms with E-state index in [-0.39, 0.29) is 5.56 Å². The van der Waals surface area contributed by atoms with Crippen molar-refractivity contribution in [1.82, 2.24) is 0 Å². The standard InChI is InChI=1S/C17H13ClN2O4/c1-24-17(23)16(22)14(20-19-13-5-3-2-4-6-13)15(21)11-7-9-12(18)10-8-11/h2-10,19H,1H3/b20-14+. The van der Waals surface area contributed by atoms with Gasteiger partial charge in [0, 0.05) is 10.6 Å². The molecule has 24 heavy (non-hydrogen) atoms. The largest absolute Gasteiger partial charge is 0.463 e. The second-order valence-electron chi connectivity index (χ2n) is 4.59. The molecule has 0 unspecified atom stereocenters. The quantitative estimate of drug-likeness (QED) is 0.217. The summed E-state index contributed by atoms with van der Waals surface area (Å²) in [6.07, 6.45) is 0. The molecule has 0 heterocycles. The van der Waals surface area contributed by atoms with Crippen molar-refractivity contribution in [3.05, 3.63) is 65.2 Å². The number of hydrazone groups is 1. The predicted octanol–water partition coefficient (Wildman–Crippen LogP) is 2.73. The third-order valence-electron chi connectivity index (χ3n) is 2.98. The number of esters is 1. The van der Waals surface area contributed by atoms with Gasteiger partial charge in [0.2, 0.25) is 5.78 Å². The Kier molecular flexibility index (Phi) is 5.81. The number of ether oxygens (including phenoxy) is 1. The minimum Gasteiger partial charge on any atom is -0.463 e. The van der Waals surface area contributed by atoms with Crippen molar-refractivity contribution in [3.8, 4) is 0 Å². The maximum absolute atomic E-state index is 12.5. The Bertz CT molecular complexity index is 786. The summed E-state index contributed by atoms with van der Waals surface area (Å²) >= 11 is 5.78. The average Bonchev–Trinajstić information content (AvgIpc) is 2.62. The van der Waals surface area contributed by atoms with E-state index in [4.69, 9.17) is 11.6 Å². The molecular weight excluding hydrogens is 332 g/mol. The second-order valence-corrected chi connectivity index (χ2v) is 5.03. The molecule has 122 valence electrons. The van der Waals surface area contributed by atoms with Gasteiger partial charge in [0.15, 0.2) is 5.71 Å². The van der Waals surface area contributed by atoms with Gasteiger partial charge in [-0.25, -0.2) is 4.79 Å². The summed E-state index contributed by atoms with van der Waals surface area (Å²) in [6.45, 7) is 0. The topological polar surface area (TPSA) is 84.8 Å². The summed E-state index contributed by atoms with van der Waals surface area (Å²) in [7, 11) is 1.05. The molecule has 0 aliphatic carbocycles. The first-order chi connectivity index (χ1) is 11.5. The van der Waals surface area contributed by atoms with E-state index in [2.05, 4.69) is 15.3 Å². The molecule has 0 saturated carbocycles. The van der Waals surface area contributed by atoms with Crippen molar-refractivity contribution in [2.75, 3.05) is 12.5 Å². The van der Waals surface area contributed by atoms with Crippen LogP contribution in [0.2, 0.25) is 5.02 Å². The molecule has 1 N–H and O–H groups in total. The van der Waals surface area contributed by atoms with Crippen LogP contribution in [0.5, 0.6) is 0 Å². The van der Waals surface area contributed by atoms with Crippen LogP contribution < -0.4 is 5.43 Å². The highest BCUT2D eigenvalue weighted by Gasteiger charge is 2.28. The number of ketones is 2. The van der Waals surface area contributed by atoms with E-state index in [9.17, 15) is 14.4 Å². The molecule has 0 spiro atoms. The highest BCUT2D eigenvalue weighted by atomic mass is 35.5. The Morgan fingerprint density at radius 2 is 1.62 bits per heavy atom. The van der Waals surface area contributed by atoms with Crippen LogP contribution in [-0.2, 0) is 14.3 Å². The van der Waals surface area contributed by atoms with Gasteiger partial charge in [-0.3, -0.25) is 15.0 Å². The molecule has 0 aliphatic rings. The van der Waals surface area contributed by atoms with Crippen molar-refractivity contribution in [2.24, 2.45) is 5.10 Å². The molecule has 7 heteroatoms. The van der Waals surface area contributed by atoms with Crippen LogP contribution in [0.3, 0.4) is 0 Å². The average molecular weight is 345 g/mol. The Hall–Kier alpha value is -2.99. The van der Waals surface area contributed by atoms with Crippen molar-refractivity contribution < 1.29 is 19.1 Å². The SMILES string of the molecule is COC(=O)C(=O)/C(=N/Nc1ccccc1)C(=O)c1ccc(Cl)cc1. The van der Waals surface area contributed by atoms with E-state index >= 15 is 0 Å². The molecule has 0 bridgehead atoms. The smallest absolute Gasteiger partial charge is 0.381 e. The van der Waals surface area contributed by atoms with Gasteiger partial charge in [-0.2, -0.15) is 5.10 Å². The van der Waals surface area contributed by atoms with Crippen LogP contribution in [0.15, 0.2) is 59.7 Å². The number of hydrogen-bond acceptors (Lipinski definition) is 6. The van der Waals surface area contributed by atoms with Gasteiger partial charge in [0.1, 0.15) is 0 Å². The van der Waals surface area contributed by atoms with E-state index in [0.717, 1.165) is 7.11 Å². The van der Waals surface area contributed by atoms with Crippen LogP contribution in [0.4, 0.5) is 5.69 Å². The molecule has 6 nitrogen and oxygen atoms in total. The van der Waals surface area contributed by atoms with Gasteiger partial charge in [-0.1, -0.05) is 29.8 Å². The van der Waals surface area contributed by atoms with Crippen molar-refractivity contribution in [2.45, 2.75) is 0 Å². The van der Waals surface area contributed by atoms with Gasteiger partial charge in [-0.05, 0) is 36.4 Å². The fourth-order valence-electron chi connectivity index (χ4n) is 1.77. The second kappa shape index (κ2) is 8.03. The number of halogens is 1. The third-order valence-corrected chi connectivity index (χ3v) is 3.23. The number of nitrogens with one attached hydrogen (secondary N) is 1. The fourth-order valence-corrected chi connectivity index (χ4v) is 1.89. The normalized spacial score (nSPS) is 10.8. The van der Waals surface area contributed by atoms with Crippen LogP contribution >= 0.6 is 11.6 Å². The maximum atomic E-state index is 12.5. The van der Waals surface area contributed by atoms with E-state index < -0.39 is 23.2 Å². The lowest BCUT2D eigenvalue weighted by molar-refractivity contribution is -0.148. The van der Waals surface area contributed by atoms with Crippen LogP contribution in [0.1, 0.15) is 10.4 Å². The van der Waals surface area contributed by atoms with Gasteiger partial charge in [0.05, 0.1) is 12.8 Å². The summed E-state index contributed by atoms with van der Waals surface area (Å²) in [5.74, 6) is -3.03. The lowest BCUT2D eigenvalue weighted by Gasteiger charge is -2.06. The van der Waals surface area contributed by atoms with E-state index in [1.165, 1.54) is 24.3 Å². The molecule has 0 aromatic heterocycles. The number of para-hydroxylation sites is 1. The first kappa shape index (κ1) is 17.4. The van der Waals surface area contributed by atoms with Gasteiger partial charge >= 0.3 is 5.97 Å². The molecule has 0 amide bonds. The number of carbonyl (C=O) groups is 3.